The van der Waals surface area contributed by atoms with Crippen molar-refractivity contribution in [3.63, 3.8) is 0 Å². The molecule has 1 aliphatic heterocycles. The van der Waals surface area contributed by atoms with Crippen LogP contribution in [0, 0.1) is 11.5 Å². The average Bonchev–Trinajstić information content (AvgIpc) is 3.01. The summed E-state index contributed by atoms with van der Waals surface area (Å²) in [5, 5.41) is 5.08. The van der Waals surface area contributed by atoms with Gasteiger partial charge >= 0.3 is 6.09 Å². The Morgan fingerprint density at radius 3 is 2.59 bits per heavy atom. The fraction of sp³-hybridized carbons (Fsp3) is 0.571. The lowest BCUT2D eigenvalue weighted by Gasteiger charge is -2.33. The molecule has 156 valence electrons. The number of nitrogens with one attached hydrogen (secondary N) is 1. The Kier molecular flexibility index (Phi) is 6.20. The summed E-state index contributed by atoms with van der Waals surface area (Å²) in [4.78, 5) is 23.4. The first-order valence-corrected chi connectivity index (χ1v) is 14.4. The van der Waals surface area contributed by atoms with Gasteiger partial charge in [-0.05, 0) is 33.6 Å². The van der Waals surface area contributed by atoms with Crippen LogP contribution in [0.3, 0.4) is 0 Å². The molecule has 0 saturated carbocycles. The Bertz CT molecular complexity index is 941. The summed E-state index contributed by atoms with van der Waals surface area (Å²) < 4.78 is 6.46. The Hall–Kier alpha value is -2.11. The maximum atomic E-state index is 12.0. The monoisotopic (exact) mass is 430 g/mol. The highest BCUT2D eigenvalue weighted by molar-refractivity contribution is 7.18. The zero-order valence-electron chi connectivity index (χ0n) is 18.1. The van der Waals surface area contributed by atoms with Gasteiger partial charge in [0.15, 0.2) is 0 Å². The summed E-state index contributed by atoms with van der Waals surface area (Å²) in [7, 11) is -1.44. The zero-order valence-corrected chi connectivity index (χ0v) is 19.9. The number of carbonyl (C=O) groups excluding carboxylic acids is 1. The number of fused-ring (bicyclic) bond motifs is 1. The maximum absolute atomic E-state index is 12.0. The molecule has 1 saturated heterocycles. The fourth-order valence-electron chi connectivity index (χ4n) is 3.12. The van der Waals surface area contributed by atoms with Crippen molar-refractivity contribution in [3.05, 3.63) is 17.3 Å². The van der Waals surface area contributed by atoms with Crippen molar-refractivity contribution in [1.29, 1.82) is 0 Å². The van der Waals surface area contributed by atoms with Crippen LogP contribution in [-0.4, -0.2) is 48.9 Å². The number of hydrogen-bond donors (Lipinski definition) is 1. The molecular weight excluding hydrogens is 400 g/mol. The minimum atomic E-state index is -1.44. The number of alkyl carbamates (subject to hydrolysis) is 1. The molecule has 8 heteroatoms. The predicted molar refractivity (Wildman–Crippen MR) is 122 cm³/mol. The van der Waals surface area contributed by atoms with E-state index in [4.69, 9.17) is 4.74 Å². The molecule has 2 aromatic rings. The van der Waals surface area contributed by atoms with Gasteiger partial charge in [-0.25, -0.2) is 14.8 Å². The zero-order chi connectivity index (χ0) is 21.2. The van der Waals surface area contributed by atoms with Crippen LogP contribution < -0.4 is 10.2 Å². The highest BCUT2D eigenvalue weighted by Gasteiger charge is 2.25. The molecule has 3 heterocycles. The van der Waals surface area contributed by atoms with Gasteiger partial charge in [0, 0.05) is 24.5 Å². The minimum Gasteiger partial charge on any atom is -0.444 e. The lowest BCUT2D eigenvalue weighted by Crippen LogP contribution is -2.46. The summed E-state index contributed by atoms with van der Waals surface area (Å²) in [6.45, 7) is 14.0. The van der Waals surface area contributed by atoms with Crippen LogP contribution in [0.4, 0.5) is 10.6 Å². The van der Waals surface area contributed by atoms with Crippen LogP contribution in [0.25, 0.3) is 10.2 Å². The number of piperidine rings is 1. The van der Waals surface area contributed by atoms with Gasteiger partial charge in [0.05, 0.1) is 10.3 Å². The first-order valence-electron chi connectivity index (χ1n) is 10.0. The Balaban J connectivity index is 1.69. The number of aromatic nitrogens is 2. The van der Waals surface area contributed by atoms with Gasteiger partial charge in [0.2, 0.25) is 0 Å². The lowest BCUT2D eigenvalue weighted by atomic mass is 10.1. The number of ether oxygens (including phenoxy) is 1. The summed E-state index contributed by atoms with van der Waals surface area (Å²) >= 11 is 1.66. The molecule has 1 N–H and O–H groups in total. The van der Waals surface area contributed by atoms with Crippen LogP contribution in [0.1, 0.15) is 39.2 Å². The molecule has 0 aliphatic carbocycles. The van der Waals surface area contributed by atoms with Crippen molar-refractivity contribution in [3.8, 4) is 11.5 Å². The molecular formula is C21H30N4O2SSi. The summed E-state index contributed by atoms with van der Waals surface area (Å²) in [6, 6.07) is 0.125. The van der Waals surface area contributed by atoms with Gasteiger partial charge in [-0.1, -0.05) is 25.6 Å². The largest absolute Gasteiger partial charge is 0.444 e. The number of thiophene rings is 1. The molecule has 1 aliphatic rings. The second-order valence-corrected chi connectivity index (χ2v) is 15.1. The molecule has 0 aromatic carbocycles. The van der Waals surface area contributed by atoms with Gasteiger partial charge in [0.25, 0.3) is 0 Å². The number of rotatable bonds is 2. The number of anilines is 1. The van der Waals surface area contributed by atoms with Crippen LogP contribution >= 0.6 is 11.3 Å². The quantitative estimate of drug-likeness (QED) is 0.564. The first-order chi connectivity index (χ1) is 13.5. The molecule has 29 heavy (non-hydrogen) atoms. The number of hydrogen-bond acceptors (Lipinski definition) is 6. The van der Waals surface area contributed by atoms with Crippen molar-refractivity contribution in [1.82, 2.24) is 15.3 Å². The predicted octanol–water partition coefficient (Wildman–Crippen LogP) is 4.41. The van der Waals surface area contributed by atoms with Crippen LogP contribution in [-0.2, 0) is 4.74 Å². The van der Waals surface area contributed by atoms with E-state index >= 15 is 0 Å². The number of nitrogens with zero attached hydrogens (tertiary/aromatic N) is 3. The molecule has 1 amide bonds. The third-order valence-corrected chi connectivity index (χ3v) is 6.26. The maximum Gasteiger partial charge on any atom is 0.407 e. The first kappa shape index (κ1) is 21.6. The second-order valence-electron chi connectivity index (χ2n) is 9.43. The molecule has 1 fully saturated rings. The standard InChI is InChI=1S/C21H30N4O2SSi/c1-21(2,3)27-20(26)24-16-7-10-25(11-8-16)19-18-17(22-14-23-19)15(13-28-18)9-12-29(4,5)6/h13-14,16H,7-8,10-11H2,1-6H3,(H,24,26). The third kappa shape index (κ3) is 5.94. The Labute approximate surface area is 178 Å². The van der Waals surface area contributed by atoms with Crippen molar-refractivity contribution in [2.75, 3.05) is 18.0 Å². The topological polar surface area (TPSA) is 67.3 Å². The fourth-order valence-corrected chi connectivity index (χ4v) is 4.59. The van der Waals surface area contributed by atoms with E-state index in [1.165, 1.54) is 0 Å². The summed E-state index contributed by atoms with van der Waals surface area (Å²) in [6.07, 6.45) is 3.01. The molecule has 3 rings (SSSR count). The molecule has 0 atom stereocenters. The lowest BCUT2D eigenvalue weighted by molar-refractivity contribution is 0.0497. The normalized spacial score (nSPS) is 15.7. The molecule has 0 radical (unpaired) electrons. The Morgan fingerprint density at radius 1 is 1.28 bits per heavy atom. The summed E-state index contributed by atoms with van der Waals surface area (Å²) in [5.74, 6) is 4.31. The SMILES string of the molecule is CC(C)(C)OC(=O)NC1CCN(c2ncnc3c(C#C[Si](C)(C)C)csc23)CC1. The van der Waals surface area contributed by atoms with E-state index < -0.39 is 13.7 Å². The number of carbonyl (C=O) groups is 1. The van der Waals surface area contributed by atoms with E-state index in [-0.39, 0.29) is 12.1 Å². The highest BCUT2D eigenvalue weighted by Crippen LogP contribution is 2.32. The number of amides is 1. The van der Waals surface area contributed by atoms with E-state index in [0.29, 0.717) is 0 Å². The Morgan fingerprint density at radius 2 is 1.97 bits per heavy atom. The molecule has 0 unspecified atom stereocenters. The van der Waals surface area contributed by atoms with Gasteiger partial charge in [-0.15, -0.1) is 16.9 Å². The van der Waals surface area contributed by atoms with Gasteiger partial charge in [0.1, 0.15) is 31.3 Å². The van der Waals surface area contributed by atoms with Gasteiger partial charge in [-0.2, -0.15) is 0 Å². The average molecular weight is 431 g/mol. The van der Waals surface area contributed by atoms with E-state index in [2.05, 4.69) is 56.7 Å². The van der Waals surface area contributed by atoms with Gasteiger partial charge in [-0.3, -0.25) is 0 Å². The van der Waals surface area contributed by atoms with Crippen molar-refractivity contribution in [2.24, 2.45) is 0 Å². The smallest absolute Gasteiger partial charge is 0.407 e. The van der Waals surface area contributed by atoms with E-state index in [0.717, 1.165) is 47.5 Å². The van der Waals surface area contributed by atoms with Crippen molar-refractivity contribution < 1.29 is 9.53 Å². The van der Waals surface area contributed by atoms with Crippen LogP contribution in [0.15, 0.2) is 11.7 Å². The van der Waals surface area contributed by atoms with E-state index in [1.807, 2.05) is 20.8 Å². The second kappa shape index (κ2) is 8.32. The van der Waals surface area contributed by atoms with E-state index in [9.17, 15) is 4.79 Å². The van der Waals surface area contributed by atoms with Gasteiger partial charge < -0.3 is 15.0 Å². The third-order valence-electron chi connectivity index (χ3n) is 4.42. The highest BCUT2D eigenvalue weighted by atomic mass is 32.1. The molecule has 0 spiro atoms. The van der Waals surface area contributed by atoms with Crippen LogP contribution in [0.2, 0.25) is 19.6 Å². The molecule has 6 nitrogen and oxygen atoms in total. The van der Waals surface area contributed by atoms with Crippen molar-refractivity contribution >= 4 is 41.5 Å². The molecule has 0 bridgehead atoms. The minimum absolute atomic E-state index is 0.125. The van der Waals surface area contributed by atoms with Crippen molar-refractivity contribution in [2.45, 2.75) is 64.9 Å². The van der Waals surface area contributed by atoms with Crippen LogP contribution in [0.5, 0.6) is 0 Å². The summed E-state index contributed by atoms with van der Waals surface area (Å²) in [5.41, 5.74) is 4.89. The van der Waals surface area contributed by atoms with E-state index in [1.54, 1.807) is 17.7 Å². The molecule has 2 aromatic heterocycles.